The van der Waals surface area contributed by atoms with Crippen molar-refractivity contribution in [3.05, 3.63) is 23.8 Å². The third-order valence-electron chi connectivity index (χ3n) is 4.08. The Morgan fingerprint density at radius 2 is 2.00 bits per heavy atom. The molecule has 2 atom stereocenters. The van der Waals surface area contributed by atoms with Crippen molar-refractivity contribution in [3.63, 3.8) is 0 Å². The average Bonchev–Trinajstić information content (AvgIpc) is 2.93. The Labute approximate surface area is 126 Å². The van der Waals surface area contributed by atoms with Crippen LogP contribution in [0.25, 0.3) is 0 Å². The largest absolute Gasteiger partial charge is 0.490 e. The lowest BCUT2D eigenvalue weighted by Gasteiger charge is -2.25. The van der Waals surface area contributed by atoms with Gasteiger partial charge in [-0.3, -0.25) is 0 Å². The maximum absolute atomic E-state index is 5.90. The zero-order valence-electron chi connectivity index (χ0n) is 12.8. The van der Waals surface area contributed by atoms with Crippen molar-refractivity contribution in [3.8, 4) is 11.5 Å². The molecule has 0 amide bonds. The van der Waals surface area contributed by atoms with Gasteiger partial charge in [0, 0.05) is 13.0 Å². The van der Waals surface area contributed by atoms with Crippen LogP contribution in [-0.4, -0.2) is 32.5 Å². The molecule has 0 spiro atoms. The summed E-state index contributed by atoms with van der Waals surface area (Å²) in [5.74, 6) is 1.73. The molecule has 2 unspecified atom stereocenters. The summed E-state index contributed by atoms with van der Waals surface area (Å²) in [6, 6.07) is 6.54. The number of rotatable bonds is 5. The van der Waals surface area contributed by atoms with Crippen molar-refractivity contribution in [1.29, 1.82) is 0 Å². The molecule has 21 heavy (non-hydrogen) atoms. The Balaban J connectivity index is 1.82. The number of hydrogen-bond acceptors (Lipinski definition) is 4. The highest BCUT2D eigenvalue weighted by Crippen LogP contribution is 2.35. The van der Waals surface area contributed by atoms with Gasteiger partial charge in [0.1, 0.15) is 0 Å². The lowest BCUT2D eigenvalue weighted by molar-refractivity contribution is 0.0782. The van der Waals surface area contributed by atoms with E-state index in [0.717, 1.165) is 63.5 Å². The van der Waals surface area contributed by atoms with E-state index in [-0.39, 0.29) is 12.1 Å². The minimum Gasteiger partial charge on any atom is -0.490 e. The first-order valence-corrected chi connectivity index (χ1v) is 8.13. The van der Waals surface area contributed by atoms with Gasteiger partial charge >= 0.3 is 0 Å². The molecule has 3 rings (SSSR count). The zero-order chi connectivity index (χ0) is 14.5. The quantitative estimate of drug-likeness (QED) is 0.905. The monoisotopic (exact) mass is 291 g/mol. The summed E-state index contributed by atoms with van der Waals surface area (Å²) in [5.41, 5.74) is 1.24. The van der Waals surface area contributed by atoms with Gasteiger partial charge in [-0.05, 0) is 43.5 Å². The fourth-order valence-electron chi connectivity index (χ4n) is 3.00. The van der Waals surface area contributed by atoms with E-state index in [1.165, 1.54) is 5.56 Å². The third-order valence-corrected chi connectivity index (χ3v) is 4.08. The summed E-state index contributed by atoms with van der Waals surface area (Å²) >= 11 is 0. The van der Waals surface area contributed by atoms with E-state index >= 15 is 0 Å². The molecule has 1 aromatic carbocycles. The fourth-order valence-corrected chi connectivity index (χ4v) is 3.00. The van der Waals surface area contributed by atoms with Crippen molar-refractivity contribution in [2.75, 3.05) is 26.4 Å². The molecule has 1 N–H and O–H groups in total. The number of fused-ring (bicyclic) bond motifs is 1. The minimum atomic E-state index is 0.240. The summed E-state index contributed by atoms with van der Waals surface area (Å²) in [4.78, 5) is 0. The predicted octanol–water partition coefficient (Wildman–Crippen LogP) is 3.07. The molecule has 1 saturated heterocycles. The van der Waals surface area contributed by atoms with Crippen molar-refractivity contribution >= 4 is 0 Å². The average molecular weight is 291 g/mol. The van der Waals surface area contributed by atoms with Crippen LogP contribution in [0.2, 0.25) is 0 Å². The Kier molecular flexibility index (Phi) is 4.99. The summed E-state index contributed by atoms with van der Waals surface area (Å²) in [6.07, 6.45) is 4.59. The second-order valence-corrected chi connectivity index (χ2v) is 5.74. The normalized spacial score (nSPS) is 22.8. The number of nitrogens with one attached hydrogen (secondary N) is 1. The third kappa shape index (κ3) is 3.50. The Morgan fingerprint density at radius 3 is 2.76 bits per heavy atom. The molecule has 2 aliphatic rings. The van der Waals surface area contributed by atoms with E-state index in [1.807, 2.05) is 6.07 Å². The van der Waals surface area contributed by atoms with E-state index < -0.39 is 0 Å². The van der Waals surface area contributed by atoms with E-state index in [1.54, 1.807) is 0 Å². The maximum Gasteiger partial charge on any atom is 0.161 e. The molecular weight excluding hydrogens is 266 g/mol. The second kappa shape index (κ2) is 7.14. The summed E-state index contributed by atoms with van der Waals surface area (Å²) in [6.45, 7) is 5.52. The van der Waals surface area contributed by atoms with Crippen LogP contribution in [0.5, 0.6) is 11.5 Å². The van der Waals surface area contributed by atoms with E-state index in [0.29, 0.717) is 0 Å². The van der Waals surface area contributed by atoms with Gasteiger partial charge in [0.25, 0.3) is 0 Å². The zero-order valence-corrected chi connectivity index (χ0v) is 12.8. The predicted molar refractivity (Wildman–Crippen MR) is 82.1 cm³/mol. The van der Waals surface area contributed by atoms with Crippen molar-refractivity contribution in [2.24, 2.45) is 0 Å². The first-order valence-electron chi connectivity index (χ1n) is 8.13. The first-order chi connectivity index (χ1) is 10.4. The standard InChI is InChI=1S/C17H25NO3/c1-2-8-18-17(15-5-3-9-20-15)13-6-7-14-16(12-13)21-11-4-10-19-14/h6-7,12,15,17-18H,2-5,8-11H2,1H3. The highest BCUT2D eigenvalue weighted by atomic mass is 16.5. The second-order valence-electron chi connectivity index (χ2n) is 5.74. The smallest absolute Gasteiger partial charge is 0.161 e. The van der Waals surface area contributed by atoms with Gasteiger partial charge in [-0.1, -0.05) is 13.0 Å². The van der Waals surface area contributed by atoms with Crippen LogP contribution < -0.4 is 14.8 Å². The van der Waals surface area contributed by atoms with E-state index in [2.05, 4.69) is 24.4 Å². The van der Waals surface area contributed by atoms with Gasteiger partial charge in [-0.25, -0.2) is 0 Å². The SMILES string of the molecule is CCCNC(c1ccc2c(c1)OCCCO2)C1CCCO1. The van der Waals surface area contributed by atoms with Crippen molar-refractivity contribution < 1.29 is 14.2 Å². The Morgan fingerprint density at radius 1 is 1.14 bits per heavy atom. The van der Waals surface area contributed by atoms with Gasteiger partial charge in [-0.2, -0.15) is 0 Å². The molecule has 0 bridgehead atoms. The van der Waals surface area contributed by atoms with Crippen LogP contribution in [0.4, 0.5) is 0 Å². The van der Waals surface area contributed by atoms with Crippen molar-refractivity contribution in [2.45, 2.75) is 44.8 Å². The molecule has 1 aromatic rings. The van der Waals surface area contributed by atoms with Gasteiger partial charge in [0.2, 0.25) is 0 Å². The van der Waals surface area contributed by atoms with E-state index in [4.69, 9.17) is 14.2 Å². The fraction of sp³-hybridized carbons (Fsp3) is 0.647. The minimum absolute atomic E-state index is 0.240. The van der Waals surface area contributed by atoms with Gasteiger partial charge in [0.05, 0.1) is 25.4 Å². The molecule has 0 saturated carbocycles. The molecule has 1 fully saturated rings. The molecular formula is C17H25NO3. The molecule has 0 radical (unpaired) electrons. The van der Waals surface area contributed by atoms with Crippen LogP contribution in [0.1, 0.15) is 44.2 Å². The summed E-state index contributed by atoms with van der Waals surface area (Å²) < 4.78 is 17.4. The number of benzene rings is 1. The first kappa shape index (κ1) is 14.7. The molecule has 4 nitrogen and oxygen atoms in total. The molecule has 0 aromatic heterocycles. The lowest BCUT2D eigenvalue weighted by Crippen LogP contribution is -2.32. The van der Waals surface area contributed by atoms with Crippen LogP contribution >= 0.6 is 0 Å². The van der Waals surface area contributed by atoms with Crippen molar-refractivity contribution in [1.82, 2.24) is 5.32 Å². The Bertz CT molecular complexity index is 457. The van der Waals surface area contributed by atoms with Crippen LogP contribution in [0.15, 0.2) is 18.2 Å². The summed E-state index contributed by atoms with van der Waals surface area (Å²) in [5, 5.41) is 3.63. The summed E-state index contributed by atoms with van der Waals surface area (Å²) in [7, 11) is 0. The van der Waals surface area contributed by atoms with Gasteiger partial charge < -0.3 is 19.5 Å². The van der Waals surface area contributed by atoms with E-state index in [9.17, 15) is 0 Å². The highest BCUT2D eigenvalue weighted by Gasteiger charge is 2.27. The highest BCUT2D eigenvalue weighted by molar-refractivity contribution is 5.44. The molecule has 4 heteroatoms. The Hall–Kier alpha value is -1.26. The molecule has 0 aliphatic carbocycles. The van der Waals surface area contributed by atoms with Crippen LogP contribution in [0, 0.1) is 0 Å². The topological polar surface area (TPSA) is 39.7 Å². The molecule has 116 valence electrons. The van der Waals surface area contributed by atoms with Crippen LogP contribution in [0.3, 0.4) is 0 Å². The maximum atomic E-state index is 5.90. The molecule has 2 aliphatic heterocycles. The number of ether oxygens (including phenoxy) is 3. The van der Waals surface area contributed by atoms with Gasteiger partial charge in [-0.15, -0.1) is 0 Å². The van der Waals surface area contributed by atoms with Gasteiger partial charge in [0.15, 0.2) is 11.5 Å². The molecule has 2 heterocycles. The van der Waals surface area contributed by atoms with Crippen LogP contribution in [-0.2, 0) is 4.74 Å². The number of hydrogen-bond donors (Lipinski definition) is 1. The lowest BCUT2D eigenvalue weighted by atomic mass is 9.98.